The fraction of sp³-hybridized carbons (Fsp3) is 0.417. The number of hydrogen-bond donors (Lipinski definition) is 0. The van der Waals surface area contributed by atoms with Crippen LogP contribution in [-0.4, -0.2) is 5.78 Å². The molecule has 0 aliphatic rings. The van der Waals surface area contributed by atoms with Crippen LogP contribution in [0.4, 0.5) is 8.78 Å². The summed E-state index contributed by atoms with van der Waals surface area (Å²) in [7, 11) is 0. The molecule has 0 aliphatic heterocycles. The molecule has 82 valence electrons. The number of rotatable bonds is 3. The van der Waals surface area contributed by atoms with Gasteiger partial charge >= 0.3 is 0 Å². The molecule has 0 bridgehead atoms. The van der Waals surface area contributed by atoms with E-state index >= 15 is 0 Å². The molecule has 0 aromatic heterocycles. The minimum atomic E-state index is -0.645. The van der Waals surface area contributed by atoms with Gasteiger partial charge in [-0.25, -0.2) is 8.78 Å². The van der Waals surface area contributed by atoms with Gasteiger partial charge in [-0.2, -0.15) is 0 Å². The molecule has 0 heterocycles. The average molecular weight is 212 g/mol. The van der Waals surface area contributed by atoms with Crippen LogP contribution in [0, 0.1) is 17.6 Å². The highest BCUT2D eigenvalue weighted by Gasteiger charge is 2.19. The minimum absolute atomic E-state index is 0.0139. The first-order valence-electron chi connectivity index (χ1n) is 4.91. The molecule has 0 saturated carbocycles. The summed E-state index contributed by atoms with van der Waals surface area (Å²) in [5.41, 5.74) is 0.395. The zero-order valence-electron chi connectivity index (χ0n) is 9.05. The first kappa shape index (κ1) is 11.8. The maximum absolute atomic E-state index is 12.9. The topological polar surface area (TPSA) is 17.1 Å². The van der Waals surface area contributed by atoms with Crippen LogP contribution in [0.5, 0.6) is 0 Å². The van der Waals surface area contributed by atoms with E-state index in [1.165, 1.54) is 12.1 Å². The zero-order valence-corrected chi connectivity index (χ0v) is 9.05. The van der Waals surface area contributed by atoms with Crippen LogP contribution in [0.3, 0.4) is 0 Å². The molecule has 0 amide bonds. The molecule has 1 atom stereocenters. The Kier molecular flexibility index (Phi) is 3.56. The van der Waals surface area contributed by atoms with Crippen molar-refractivity contribution in [3.8, 4) is 0 Å². The van der Waals surface area contributed by atoms with Crippen LogP contribution in [-0.2, 0) is 4.79 Å². The Balaban J connectivity index is 3.00. The Hall–Kier alpha value is -1.25. The summed E-state index contributed by atoms with van der Waals surface area (Å²) in [6.07, 6.45) is 0. The molecular formula is C12H14F2O. The van der Waals surface area contributed by atoms with Gasteiger partial charge in [0.2, 0.25) is 0 Å². The molecule has 0 fully saturated rings. The van der Waals surface area contributed by atoms with Gasteiger partial charge in [0.05, 0.1) is 0 Å². The highest BCUT2D eigenvalue weighted by atomic mass is 19.1. The lowest BCUT2D eigenvalue weighted by atomic mass is 9.90. The van der Waals surface area contributed by atoms with E-state index in [1.807, 2.05) is 0 Å². The van der Waals surface area contributed by atoms with Gasteiger partial charge in [-0.15, -0.1) is 0 Å². The van der Waals surface area contributed by atoms with Crippen LogP contribution in [0.2, 0.25) is 0 Å². The van der Waals surface area contributed by atoms with Crippen LogP contribution in [0.1, 0.15) is 32.3 Å². The first-order valence-corrected chi connectivity index (χ1v) is 4.91. The summed E-state index contributed by atoms with van der Waals surface area (Å²) in [4.78, 5) is 11.6. The van der Waals surface area contributed by atoms with Crippen molar-refractivity contribution in [3.05, 3.63) is 35.4 Å². The predicted octanol–water partition coefficient (Wildman–Crippen LogP) is 3.29. The highest BCUT2D eigenvalue weighted by Crippen LogP contribution is 2.21. The summed E-state index contributed by atoms with van der Waals surface area (Å²) in [6.45, 7) is 5.21. The molecule has 0 saturated heterocycles. The molecule has 1 nitrogen and oxygen atoms in total. The first-order chi connectivity index (χ1) is 6.91. The molecule has 15 heavy (non-hydrogen) atoms. The predicted molar refractivity (Wildman–Crippen MR) is 54.6 cm³/mol. The smallest absolute Gasteiger partial charge is 0.142 e. The van der Waals surface area contributed by atoms with Gasteiger partial charge in [0.25, 0.3) is 0 Å². The second kappa shape index (κ2) is 4.51. The summed E-state index contributed by atoms with van der Waals surface area (Å²) in [6, 6.07) is 3.21. The lowest BCUT2D eigenvalue weighted by Crippen LogP contribution is -2.15. The Morgan fingerprint density at radius 1 is 1.07 bits per heavy atom. The largest absolute Gasteiger partial charge is 0.299 e. The molecule has 0 aliphatic carbocycles. The number of carbonyl (C=O) groups is 1. The third-order valence-electron chi connectivity index (χ3n) is 2.38. The van der Waals surface area contributed by atoms with Crippen LogP contribution >= 0.6 is 0 Å². The van der Waals surface area contributed by atoms with Crippen LogP contribution in [0.25, 0.3) is 0 Å². The van der Waals surface area contributed by atoms with E-state index in [4.69, 9.17) is 0 Å². The van der Waals surface area contributed by atoms with Gasteiger partial charge in [-0.1, -0.05) is 20.8 Å². The maximum Gasteiger partial charge on any atom is 0.142 e. The quantitative estimate of drug-likeness (QED) is 0.751. The molecule has 0 N–H and O–H groups in total. The van der Waals surface area contributed by atoms with Crippen molar-refractivity contribution >= 4 is 5.78 Å². The normalized spacial score (nSPS) is 12.9. The Labute approximate surface area is 88.1 Å². The summed E-state index contributed by atoms with van der Waals surface area (Å²) >= 11 is 0. The molecule has 0 radical (unpaired) electrons. The third-order valence-corrected chi connectivity index (χ3v) is 2.38. The van der Waals surface area contributed by atoms with E-state index in [2.05, 4.69) is 0 Å². The number of Topliss-reactive ketones (excluding diaryl/α,β-unsaturated/α-hetero) is 1. The summed E-state index contributed by atoms with van der Waals surface area (Å²) < 4.78 is 25.8. The van der Waals surface area contributed by atoms with Crippen LogP contribution < -0.4 is 0 Å². The van der Waals surface area contributed by atoms with E-state index in [-0.39, 0.29) is 11.7 Å². The summed E-state index contributed by atoms with van der Waals surface area (Å²) in [5, 5.41) is 0. The molecular weight excluding hydrogens is 198 g/mol. The Morgan fingerprint density at radius 3 is 1.93 bits per heavy atom. The van der Waals surface area contributed by atoms with Crippen molar-refractivity contribution in [1.82, 2.24) is 0 Å². The highest BCUT2D eigenvalue weighted by molar-refractivity contribution is 5.86. The number of benzene rings is 1. The monoisotopic (exact) mass is 212 g/mol. The van der Waals surface area contributed by atoms with Crippen molar-refractivity contribution in [2.45, 2.75) is 26.7 Å². The van der Waals surface area contributed by atoms with Gasteiger partial charge in [0, 0.05) is 17.9 Å². The van der Waals surface area contributed by atoms with Gasteiger partial charge < -0.3 is 0 Å². The van der Waals surface area contributed by atoms with Crippen molar-refractivity contribution in [2.75, 3.05) is 0 Å². The number of halogens is 2. The van der Waals surface area contributed by atoms with Gasteiger partial charge in [0.1, 0.15) is 17.4 Å². The lowest BCUT2D eigenvalue weighted by molar-refractivity contribution is -0.123. The van der Waals surface area contributed by atoms with Gasteiger partial charge in [-0.3, -0.25) is 4.79 Å². The molecule has 0 spiro atoms. The van der Waals surface area contributed by atoms with E-state index in [9.17, 15) is 13.6 Å². The van der Waals surface area contributed by atoms with Gasteiger partial charge in [-0.05, 0) is 17.7 Å². The number of hydrogen-bond acceptors (Lipinski definition) is 1. The lowest BCUT2D eigenvalue weighted by Gasteiger charge is -2.13. The van der Waals surface area contributed by atoms with Gasteiger partial charge in [0.15, 0.2) is 0 Å². The third kappa shape index (κ3) is 2.85. The molecule has 3 heteroatoms. The zero-order chi connectivity index (χ0) is 11.6. The van der Waals surface area contributed by atoms with E-state index in [1.54, 1.807) is 20.8 Å². The van der Waals surface area contributed by atoms with Crippen LogP contribution in [0.15, 0.2) is 18.2 Å². The molecule has 1 aromatic carbocycles. The Bertz CT molecular complexity index is 352. The fourth-order valence-corrected chi connectivity index (χ4v) is 1.49. The molecule has 1 rings (SSSR count). The second-order valence-corrected chi connectivity index (χ2v) is 3.98. The minimum Gasteiger partial charge on any atom is -0.299 e. The number of ketones is 1. The summed E-state index contributed by atoms with van der Waals surface area (Å²) in [5.74, 6) is -1.90. The number of carbonyl (C=O) groups excluding carboxylic acids is 1. The van der Waals surface area contributed by atoms with Crippen molar-refractivity contribution in [1.29, 1.82) is 0 Å². The van der Waals surface area contributed by atoms with E-state index < -0.39 is 17.6 Å². The Morgan fingerprint density at radius 2 is 1.53 bits per heavy atom. The van der Waals surface area contributed by atoms with Crippen molar-refractivity contribution in [2.24, 2.45) is 5.92 Å². The van der Waals surface area contributed by atoms with Crippen molar-refractivity contribution < 1.29 is 13.6 Å². The maximum atomic E-state index is 12.9. The second-order valence-electron chi connectivity index (χ2n) is 3.98. The van der Waals surface area contributed by atoms with E-state index in [0.29, 0.717) is 5.56 Å². The average Bonchev–Trinajstić information content (AvgIpc) is 2.13. The van der Waals surface area contributed by atoms with E-state index in [0.717, 1.165) is 6.07 Å². The standard InChI is InChI=1S/C12H14F2O/c1-7(2)12(15)8(3)9-4-10(13)6-11(14)5-9/h4-8H,1-3H3. The fourth-order valence-electron chi connectivity index (χ4n) is 1.49. The molecule has 1 unspecified atom stereocenters. The van der Waals surface area contributed by atoms with Crippen molar-refractivity contribution in [3.63, 3.8) is 0 Å². The molecule has 1 aromatic rings. The SMILES string of the molecule is CC(C)C(=O)C(C)c1cc(F)cc(F)c1.